The Labute approximate surface area is 114 Å². The van der Waals surface area contributed by atoms with Gasteiger partial charge in [0.05, 0.1) is 18.3 Å². The largest absolute Gasteiger partial charge is 0.376 e. The fourth-order valence-corrected chi connectivity index (χ4v) is 3.53. The van der Waals surface area contributed by atoms with Crippen molar-refractivity contribution in [2.75, 3.05) is 32.5 Å². The number of carbonyl (C=O) groups is 1. The summed E-state index contributed by atoms with van der Waals surface area (Å²) in [7, 11) is -3.19. The van der Waals surface area contributed by atoms with Crippen molar-refractivity contribution in [3.63, 3.8) is 0 Å². The van der Waals surface area contributed by atoms with E-state index in [1.165, 1.54) is 10.6 Å². The lowest BCUT2D eigenvalue weighted by atomic mass is 9.99. The Morgan fingerprint density at radius 2 is 2.16 bits per heavy atom. The summed E-state index contributed by atoms with van der Waals surface area (Å²) in [6.07, 6.45) is 4.85. The van der Waals surface area contributed by atoms with Gasteiger partial charge < -0.3 is 10.1 Å². The summed E-state index contributed by atoms with van der Waals surface area (Å²) in [6.45, 7) is 2.13. The summed E-state index contributed by atoms with van der Waals surface area (Å²) in [5.41, 5.74) is 0. The topological polar surface area (TPSA) is 75.7 Å². The van der Waals surface area contributed by atoms with Crippen LogP contribution in [0.3, 0.4) is 0 Å². The minimum Gasteiger partial charge on any atom is -0.376 e. The molecule has 7 heteroatoms. The van der Waals surface area contributed by atoms with Crippen molar-refractivity contribution in [2.24, 2.45) is 5.92 Å². The van der Waals surface area contributed by atoms with Gasteiger partial charge in [-0.25, -0.2) is 12.7 Å². The van der Waals surface area contributed by atoms with E-state index in [1.807, 2.05) is 0 Å². The summed E-state index contributed by atoms with van der Waals surface area (Å²) in [4.78, 5) is 12.0. The monoisotopic (exact) mass is 290 g/mol. The van der Waals surface area contributed by atoms with Gasteiger partial charge >= 0.3 is 0 Å². The summed E-state index contributed by atoms with van der Waals surface area (Å²) in [5, 5.41) is 2.88. The predicted octanol–water partition coefficient (Wildman–Crippen LogP) is -0.0468. The second-order valence-corrected chi connectivity index (χ2v) is 7.32. The number of ether oxygens (including phenoxy) is 1. The van der Waals surface area contributed by atoms with Crippen molar-refractivity contribution in [3.05, 3.63) is 0 Å². The van der Waals surface area contributed by atoms with Gasteiger partial charge in [0.2, 0.25) is 15.9 Å². The van der Waals surface area contributed by atoms with Gasteiger partial charge in [-0.15, -0.1) is 0 Å². The molecule has 2 heterocycles. The summed E-state index contributed by atoms with van der Waals surface area (Å²) >= 11 is 0. The first kappa shape index (κ1) is 14.7. The number of piperidine rings is 1. The highest BCUT2D eigenvalue weighted by Gasteiger charge is 2.30. The zero-order valence-corrected chi connectivity index (χ0v) is 12.1. The van der Waals surface area contributed by atoms with E-state index >= 15 is 0 Å². The molecule has 6 nitrogen and oxygen atoms in total. The molecule has 2 rings (SSSR count). The fourth-order valence-electron chi connectivity index (χ4n) is 2.62. The van der Waals surface area contributed by atoms with Crippen molar-refractivity contribution in [2.45, 2.75) is 31.8 Å². The molecule has 1 N–H and O–H groups in total. The highest BCUT2D eigenvalue weighted by molar-refractivity contribution is 7.88. The van der Waals surface area contributed by atoms with E-state index in [9.17, 15) is 13.2 Å². The number of nitrogens with one attached hydrogen (secondary N) is 1. The van der Waals surface area contributed by atoms with E-state index in [1.54, 1.807) is 0 Å². The quantitative estimate of drug-likeness (QED) is 0.788. The second kappa shape index (κ2) is 6.19. The van der Waals surface area contributed by atoms with Crippen LogP contribution in [0, 0.1) is 5.92 Å². The number of rotatable bonds is 4. The molecule has 1 amide bonds. The van der Waals surface area contributed by atoms with Gasteiger partial charge in [-0.3, -0.25) is 4.79 Å². The van der Waals surface area contributed by atoms with Crippen LogP contribution < -0.4 is 5.32 Å². The lowest BCUT2D eigenvalue weighted by Gasteiger charge is -2.30. The predicted molar refractivity (Wildman–Crippen MR) is 71.1 cm³/mol. The lowest BCUT2D eigenvalue weighted by Crippen LogP contribution is -2.46. The van der Waals surface area contributed by atoms with Crippen LogP contribution in [0.5, 0.6) is 0 Å². The molecule has 0 aromatic heterocycles. The molecule has 2 fully saturated rings. The fraction of sp³-hybridized carbons (Fsp3) is 0.917. The van der Waals surface area contributed by atoms with E-state index in [0.717, 1.165) is 32.3 Å². The molecule has 2 saturated heterocycles. The Bertz CT molecular complexity index is 417. The van der Waals surface area contributed by atoms with Gasteiger partial charge in [-0.05, 0) is 25.7 Å². The minimum atomic E-state index is -3.19. The van der Waals surface area contributed by atoms with Crippen molar-refractivity contribution in [3.8, 4) is 0 Å². The van der Waals surface area contributed by atoms with Gasteiger partial charge in [-0.1, -0.05) is 0 Å². The summed E-state index contributed by atoms with van der Waals surface area (Å²) in [5.74, 6) is -0.284. The van der Waals surface area contributed by atoms with Gasteiger partial charge in [0.1, 0.15) is 0 Å². The van der Waals surface area contributed by atoms with E-state index in [2.05, 4.69) is 5.32 Å². The van der Waals surface area contributed by atoms with E-state index < -0.39 is 10.0 Å². The SMILES string of the molecule is CS(=O)(=O)N1CCCC(C(=O)NCC2CCCO2)C1. The van der Waals surface area contributed by atoms with Crippen molar-refractivity contribution in [1.29, 1.82) is 0 Å². The maximum Gasteiger partial charge on any atom is 0.224 e. The zero-order chi connectivity index (χ0) is 13.9. The Morgan fingerprint density at radius 1 is 1.37 bits per heavy atom. The van der Waals surface area contributed by atoms with E-state index in [0.29, 0.717) is 19.6 Å². The van der Waals surface area contributed by atoms with Crippen LogP contribution >= 0.6 is 0 Å². The molecule has 0 saturated carbocycles. The average Bonchev–Trinajstić information content (AvgIpc) is 2.88. The lowest BCUT2D eigenvalue weighted by molar-refractivity contribution is -0.126. The summed E-state index contributed by atoms with van der Waals surface area (Å²) in [6, 6.07) is 0. The Balaban J connectivity index is 1.81. The number of nitrogens with zero attached hydrogens (tertiary/aromatic N) is 1. The Kier molecular flexibility index (Phi) is 4.81. The highest BCUT2D eigenvalue weighted by atomic mass is 32.2. The number of amides is 1. The zero-order valence-electron chi connectivity index (χ0n) is 11.3. The molecule has 0 aromatic carbocycles. The minimum absolute atomic E-state index is 0.0520. The number of hydrogen-bond acceptors (Lipinski definition) is 4. The molecular formula is C12H22N2O4S. The molecule has 2 atom stereocenters. The molecule has 0 bridgehead atoms. The first-order chi connectivity index (χ1) is 8.97. The van der Waals surface area contributed by atoms with Crippen LogP contribution in [-0.4, -0.2) is 57.2 Å². The van der Waals surface area contributed by atoms with E-state index in [-0.39, 0.29) is 17.9 Å². The highest BCUT2D eigenvalue weighted by Crippen LogP contribution is 2.19. The number of sulfonamides is 1. The third kappa shape index (κ3) is 4.15. The standard InChI is InChI=1S/C12H22N2O4S/c1-19(16,17)14-6-2-4-10(9-14)12(15)13-8-11-5-3-7-18-11/h10-11H,2-9H2,1H3,(H,13,15). The number of carbonyl (C=O) groups excluding carboxylic acids is 1. The van der Waals surface area contributed by atoms with Gasteiger partial charge in [0, 0.05) is 26.2 Å². The molecule has 0 radical (unpaired) electrons. The van der Waals surface area contributed by atoms with Crippen molar-refractivity contribution >= 4 is 15.9 Å². The van der Waals surface area contributed by atoms with Crippen molar-refractivity contribution < 1.29 is 17.9 Å². The smallest absolute Gasteiger partial charge is 0.224 e. The van der Waals surface area contributed by atoms with Gasteiger partial charge in [0.15, 0.2) is 0 Å². The molecule has 2 aliphatic heterocycles. The van der Waals surface area contributed by atoms with Crippen LogP contribution in [0.2, 0.25) is 0 Å². The van der Waals surface area contributed by atoms with Crippen LogP contribution in [0.25, 0.3) is 0 Å². The third-order valence-electron chi connectivity index (χ3n) is 3.75. The first-order valence-electron chi connectivity index (χ1n) is 6.81. The molecule has 2 aliphatic rings. The molecular weight excluding hydrogens is 268 g/mol. The van der Waals surface area contributed by atoms with Gasteiger partial charge in [-0.2, -0.15) is 0 Å². The maximum atomic E-state index is 12.0. The summed E-state index contributed by atoms with van der Waals surface area (Å²) < 4.78 is 29.8. The third-order valence-corrected chi connectivity index (χ3v) is 5.02. The normalized spacial score (nSPS) is 29.3. The van der Waals surface area contributed by atoms with Gasteiger partial charge in [0.25, 0.3) is 0 Å². The Hall–Kier alpha value is -0.660. The van der Waals surface area contributed by atoms with Crippen LogP contribution in [0.1, 0.15) is 25.7 Å². The van der Waals surface area contributed by atoms with Crippen molar-refractivity contribution in [1.82, 2.24) is 9.62 Å². The van der Waals surface area contributed by atoms with Crippen LogP contribution in [0.4, 0.5) is 0 Å². The average molecular weight is 290 g/mol. The molecule has 0 aromatic rings. The number of hydrogen-bond donors (Lipinski definition) is 1. The molecule has 110 valence electrons. The Morgan fingerprint density at radius 3 is 2.79 bits per heavy atom. The first-order valence-corrected chi connectivity index (χ1v) is 8.66. The molecule has 0 spiro atoms. The van der Waals surface area contributed by atoms with Crippen LogP contribution in [-0.2, 0) is 19.6 Å². The molecule has 19 heavy (non-hydrogen) atoms. The second-order valence-electron chi connectivity index (χ2n) is 5.34. The maximum absolute atomic E-state index is 12.0. The molecule has 0 aliphatic carbocycles. The molecule has 2 unspecified atom stereocenters. The van der Waals surface area contributed by atoms with E-state index in [4.69, 9.17) is 4.74 Å². The van der Waals surface area contributed by atoms with Crippen LogP contribution in [0.15, 0.2) is 0 Å².